The maximum Gasteiger partial charge on any atom is 0.266 e. The molecule has 2 aromatic heterocycles. The number of fused-ring (bicyclic) bond motifs is 1. The second kappa shape index (κ2) is 7.23. The summed E-state index contributed by atoms with van der Waals surface area (Å²) in [6.07, 6.45) is 7.96. The quantitative estimate of drug-likeness (QED) is 0.832. The van der Waals surface area contributed by atoms with E-state index in [1.54, 1.807) is 10.7 Å². The van der Waals surface area contributed by atoms with Gasteiger partial charge in [0, 0.05) is 43.2 Å². The van der Waals surface area contributed by atoms with Crippen LogP contribution < -0.4 is 5.56 Å². The first kappa shape index (κ1) is 18.4. The van der Waals surface area contributed by atoms with Crippen molar-refractivity contribution in [2.75, 3.05) is 6.54 Å². The van der Waals surface area contributed by atoms with Crippen molar-refractivity contribution >= 4 is 0 Å². The first-order valence-corrected chi connectivity index (χ1v) is 10.3. The fourth-order valence-corrected chi connectivity index (χ4v) is 4.30. The molecule has 4 rings (SSSR count). The van der Waals surface area contributed by atoms with Crippen LogP contribution in [-0.4, -0.2) is 36.8 Å². The molecule has 2 aromatic rings. The van der Waals surface area contributed by atoms with Gasteiger partial charge in [-0.25, -0.2) is 9.67 Å². The van der Waals surface area contributed by atoms with Crippen LogP contribution in [-0.2, 0) is 31.5 Å². The SMILES string of the molecule is CC(C)(C)c1ccc(=O)n(CC2CCCN2Cc2cnc3n2CCCC3)n1. The Morgan fingerprint density at radius 1 is 1.15 bits per heavy atom. The summed E-state index contributed by atoms with van der Waals surface area (Å²) in [7, 11) is 0. The van der Waals surface area contributed by atoms with Crippen LogP contribution in [0.3, 0.4) is 0 Å². The fourth-order valence-electron chi connectivity index (χ4n) is 4.30. The second-order valence-electron chi connectivity index (χ2n) is 9.03. The minimum absolute atomic E-state index is 0.00316. The van der Waals surface area contributed by atoms with Gasteiger partial charge in [-0.05, 0) is 38.3 Å². The summed E-state index contributed by atoms with van der Waals surface area (Å²) in [5.74, 6) is 1.24. The van der Waals surface area contributed by atoms with Gasteiger partial charge >= 0.3 is 0 Å². The Morgan fingerprint density at radius 2 is 2.00 bits per heavy atom. The zero-order valence-electron chi connectivity index (χ0n) is 16.8. The molecule has 146 valence electrons. The van der Waals surface area contributed by atoms with E-state index in [1.807, 2.05) is 6.07 Å². The molecule has 0 spiro atoms. The van der Waals surface area contributed by atoms with Gasteiger partial charge in [0.05, 0.1) is 17.9 Å². The normalized spacial score (nSPS) is 20.8. The summed E-state index contributed by atoms with van der Waals surface area (Å²) < 4.78 is 4.08. The zero-order valence-corrected chi connectivity index (χ0v) is 16.8. The minimum atomic E-state index is -0.0541. The van der Waals surface area contributed by atoms with Gasteiger partial charge in [-0.1, -0.05) is 20.8 Å². The Morgan fingerprint density at radius 3 is 2.81 bits per heavy atom. The number of likely N-dealkylation sites (tertiary alicyclic amines) is 1. The number of hydrogen-bond acceptors (Lipinski definition) is 4. The molecule has 0 N–H and O–H groups in total. The minimum Gasteiger partial charge on any atom is -0.331 e. The van der Waals surface area contributed by atoms with Crippen molar-refractivity contribution in [1.82, 2.24) is 24.2 Å². The Hall–Kier alpha value is -1.95. The molecule has 1 saturated heterocycles. The molecule has 27 heavy (non-hydrogen) atoms. The lowest BCUT2D eigenvalue weighted by molar-refractivity contribution is 0.210. The molecule has 2 aliphatic rings. The third-order valence-electron chi connectivity index (χ3n) is 5.94. The molecule has 2 aliphatic heterocycles. The van der Waals surface area contributed by atoms with Gasteiger partial charge in [0.1, 0.15) is 5.82 Å². The van der Waals surface area contributed by atoms with Crippen LogP contribution in [0.1, 0.15) is 63.7 Å². The van der Waals surface area contributed by atoms with Gasteiger partial charge in [-0.15, -0.1) is 0 Å². The summed E-state index contributed by atoms with van der Waals surface area (Å²) in [5.41, 5.74) is 2.23. The van der Waals surface area contributed by atoms with Gasteiger partial charge in [0.25, 0.3) is 5.56 Å². The molecule has 0 radical (unpaired) electrons. The summed E-state index contributed by atoms with van der Waals surface area (Å²) in [6.45, 7) is 10.2. The van der Waals surface area contributed by atoms with Crippen LogP contribution in [0.4, 0.5) is 0 Å². The van der Waals surface area contributed by atoms with E-state index in [1.165, 1.54) is 30.8 Å². The van der Waals surface area contributed by atoms with Crippen molar-refractivity contribution in [3.8, 4) is 0 Å². The first-order chi connectivity index (χ1) is 12.9. The molecule has 1 atom stereocenters. The number of hydrogen-bond donors (Lipinski definition) is 0. The van der Waals surface area contributed by atoms with E-state index < -0.39 is 0 Å². The first-order valence-electron chi connectivity index (χ1n) is 10.3. The van der Waals surface area contributed by atoms with Crippen molar-refractivity contribution in [3.05, 3.63) is 45.9 Å². The van der Waals surface area contributed by atoms with E-state index in [4.69, 9.17) is 0 Å². The van der Waals surface area contributed by atoms with Gasteiger partial charge in [-0.2, -0.15) is 5.10 Å². The van der Waals surface area contributed by atoms with E-state index in [0.29, 0.717) is 12.6 Å². The maximum absolute atomic E-state index is 12.4. The highest BCUT2D eigenvalue weighted by Gasteiger charge is 2.28. The van der Waals surface area contributed by atoms with E-state index >= 15 is 0 Å². The highest BCUT2D eigenvalue weighted by Crippen LogP contribution is 2.24. The van der Waals surface area contributed by atoms with Crippen LogP contribution in [0.5, 0.6) is 0 Å². The molecule has 0 amide bonds. The highest BCUT2D eigenvalue weighted by molar-refractivity contribution is 5.11. The molecular formula is C21H31N5O. The third kappa shape index (κ3) is 3.86. The molecule has 0 saturated carbocycles. The van der Waals surface area contributed by atoms with Crippen LogP contribution in [0.25, 0.3) is 0 Å². The standard InChI is InChI=1S/C21H31N5O/c1-21(2,3)18-9-10-20(27)26(23-18)15-16-7-6-11-24(16)14-17-13-22-19-8-4-5-12-25(17)19/h9-10,13,16H,4-8,11-12,14-15H2,1-3H3. The summed E-state index contributed by atoms with van der Waals surface area (Å²) in [6, 6.07) is 3.89. The molecule has 0 aliphatic carbocycles. The predicted molar refractivity (Wildman–Crippen MR) is 106 cm³/mol. The molecule has 1 fully saturated rings. The molecular weight excluding hydrogens is 338 g/mol. The van der Waals surface area contributed by atoms with Crippen LogP contribution in [0.15, 0.2) is 23.1 Å². The monoisotopic (exact) mass is 369 g/mol. The zero-order chi connectivity index (χ0) is 19.0. The fraction of sp³-hybridized carbons (Fsp3) is 0.667. The molecule has 0 bridgehead atoms. The Balaban J connectivity index is 1.51. The van der Waals surface area contributed by atoms with Crippen LogP contribution in [0, 0.1) is 0 Å². The molecule has 0 aromatic carbocycles. The Kier molecular flexibility index (Phi) is 4.93. The van der Waals surface area contributed by atoms with Gasteiger partial charge < -0.3 is 4.57 Å². The van der Waals surface area contributed by atoms with Crippen molar-refractivity contribution in [2.45, 2.75) is 84.0 Å². The van der Waals surface area contributed by atoms with Crippen molar-refractivity contribution < 1.29 is 0 Å². The number of aromatic nitrogens is 4. The van der Waals surface area contributed by atoms with E-state index in [2.05, 4.69) is 46.5 Å². The largest absolute Gasteiger partial charge is 0.331 e. The predicted octanol–water partition coefficient (Wildman–Crippen LogP) is 2.74. The van der Waals surface area contributed by atoms with Crippen LogP contribution >= 0.6 is 0 Å². The third-order valence-corrected chi connectivity index (χ3v) is 5.94. The molecule has 6 nitrogen and oxygen atoms in total. The average molecular weight is 370 g/mol. The van der Waals surface area contributed by atoms with E-state index in [0.717, 1.165) is 38.2 Å². The number of imidazole rings is 1. The van der Waals surface area contributed by atoms with E-state index in [-0.39, 0.29) is 11.0 Å². The molecule has 6 heteroatoms. The van der Waals surface area contributed by atoms with Crippen molar-refractivity contribution in [3.63, 3.8) is 0 Å². The Labute approximate surface area is 161 Å². The van der Waals surface area contributed by atoms with Gasteiger partial charge in [-0.3, -0.25) is 9.69 Å². The molecule has 4 heterocycles. The van der Waals surface area contributed by atoms with Gasteiger partial charge in [0.2, 0.25) is 0 Å². The highest BCUT2D eigenvalue weighted by atomic mass is 16.1. The summed E-state index contributed by atoms with van der Waals surface area (Å²) >= 11 is 0. The smallest absolute Gasteiger partial charge is 0.266 e. The lowest BCUT2D eigenvalue weighted by Gasteiger charge is -2.26. The molecule has 1 unspecified atom stereocenters. The summed E-state index contributed by atoms with van der Waals surface area (Å²) in [4.78, 5) is 19.5. The van der Waals surface area contributed by atoms with Crippen molar-refractivity contribution in [2.24, 2.45) is 0 Å². The summed E-state index contributed by atoms with van der Waals surface area (Å²) in [5, 5.41) is 4.67. The number of aryl methyl sites for hydroxylation is 1. The van der Waals surface area contributed by atoms with E-state index in [9.17, 15) is 4.79 Å². The topological polar surface area (TPSA) is 56.0 Å². The van der Waals surface area contributed by atoms with Crippen LogP contribution in [0.2, 0.25) is 0 Å². The maximum atomic E-state index is 12.4. The number of nitrogens with zero attached hydrogens (tertiary/aromatic N) is 5. The Bertz CT molecular complexity index is 860. The lowest BCUT2D eigenvalue weighted by atomic mass is 9.92. The average Bonchev–Trinajstić information content (AvgIpc) is 3.24. The second-order valence-corrected chi connectivity index (χ2v) is 9.03. The van der Waals surface area contributed by atoms with Crippen molar-refractivity contribution in [1.29, 1.82) is 0 Å². The van der Waals surface area contributed by atoms with Gasteiger partial charge in [0.15, 0.2) is 0 Å². The lowest BCUT2D eigenvalue weighted by Crippen LogP contribution is -2.38. The number of rotatable bonds is 4.